The van der Waals surface area contributed by atoms with Crippen LogP contribution in [0, 0.1) is 11.3 Å². The summed E-state index contributed by atoms with van der Waals surface area (Å²) in [6, 6.07) is 0.505. The second-order valence-electron chi connectivity index (χ2n) is 6.95. The lowest BCUT2D eigenvalue weighted by Gasteiger charge is -2.40. The molecule has 1 saturated carbocycles. The predicted octanol–water partition coefficient (Wildman–Crippen LogP) is 3.10. The monoisotopic (exact) mass is 268 g/mol. The van der Waals surface area contributed by atoms with Crippen LogP contribution in [0.5, 0.6) is 0 Å². The van der Waals surface area contributed by atoms with Gasteiger partial charge in [-0.15, -0.1) is 0 Å². The van der Waals surface area contributed by atoms with Crippen molar-refractivity contribution in [3.8, 4) is 0 Å². The van der Waals surface area contributed by atoms with E-state index in [1.807, 2.05) is 0 Å². The Bertz CT molecular complexity index is 270. The Morgan fingerprint density at radius 1 is 1.21 bits per heavy atom. The fourth-order valence-electron chi connectivity index (χ4n) is 3.10. The lowest BCUT2D eigenvalue weighted by atomic mass is 9.69. The minimum Gasteiger partial charge on any atom is -0.355 e. The molecule has 0 aromatic heterocycles. The minimum absolute atomic E-state index is 0.145. The molecule has 0 spiro atoms. The highest BCUT2D eigenvalue weighted by Gasteiger charge is 2.33. The summed E-state index contributed by atoms with van der Waals surface area (Å²) in [7, 11) is 0. The maximum absolute atomic E-state index is 11.7. The molecule has 1 aliphatic rings. The molecule has 3 heteroatoms. The summed E-state index contributed by atoms with van der Waals surface area (Å²) >= 11 is 0. The molecule has 1 aliphatic carbocycles. The van der Waals surface area contributed by atoms with Crippen LogP contribution in [0.1, 0.15) is 66.2 Å². The summed E-state index contributed by atoms with van der Waals surface area (Å²) in [4.78, 5) is 11.7. The Labute approximate surface area is 118 Å². The number of unbranched alkanes of at least 4 members (excludes halogenated alkanes) is 1. The van der Waals surface area contributed by atoms with Crippen molar-refractivity contribution in [1.29, 1.82) is 0 Å². The predicted molar refractivity (Wildman–Crippen MR) is 81.1 cm³/mol. The van der Waals surface area contributed by atoms with Gasteiger partial charge in [0.05, 0.1) is 6.54 Å². The molecule has 2 unspecified atom stereocenters. The van der Waals surface area contributed by atoms with E-state index < -0.39 is 0 Å². The van der Waals surface area contributed by atoms with E-state index in [1.54, 1.807) is 0 Å². The van der Waals surface area contributed by atoms with Gasteiger partial charge in [-0.05, 0) is 30.6 Å². The zero-order valence-electron chi connectivity index (χ0n) is 13.2. The molecular weight excluding hydrogens is 236 g/mol. The van der Waals surface area contributed by atoms with Crippen LogP contribution in [-0.2, 0) is 4.79 Å². The topological polar surface area (TPSA) is 41.1 Å². The molecule has 0 aromatic carbocycles. The van der Waals surface area contributed by atoms with E-state index in [1.165, 1.54) is 25.7 Å². The van der Waals surface area contributed by atoms with Crippen molar-refractivity contribution in [3.05, 3.63) is 0 Å². The second kappa shape index (κ2) is 7.88. The van der Waals surface area contributed by atoms with Gasteiger partial charge in [-0.1, -0.05) is 47.0 Å². The fraction of sp³-hybridized carbons (Fsp3) is 0.938. The standard InChI is InChI=1S/C16H32N2O/c1-5-6-11-17-15(19)12-18-14-10-8-7-9-13(14)16(2,3)4/h13-14,18H,5-12H2,1-4H3,(H,17,19). The van der Waals surface area contributed by atoms with Crippen LogP contribution in [0.3, 0.4) is 0 Å². The number of carbonyl (C=O) groups is 1. The van der Waals surface area contributed by atoms with E-state index in [4.69, 9.17) is 0 Å². The van der Waals surface area contributed by atoms with E-state index >= 15 is 0 Å². The summed E-state index contributed by atoms with van der Waals surface area (Å²) < 4.78 is 0. The molecule has 0 radical (unpaired) electrons. The molecule has 1 rings (SSSR count). The molecule has 1 amide bonds. The molecule has 1 fully saturated rings. The van der Waals surface area contributed by atoms with Gasteiger partial charge in [0.1, 0.15) is 0 Å². The molecule has 0 bridgehead atoms. The molecule has 0 aliphatic heterocycles. The van der Waals surface area contributed by atoms with Gasteiger partial charge in [0, 0.05) is 12.6 Å². The molecule has 0 heterocycles. The van der Waals surface area contributed by atoms with E-state index in [0.717, 1.165) is 19.4 Å². The first kappa shape index (κ1) is 16.5. The van der Waals surface area contributed by atoms with Crippen molar-refractivity contribution in [2.45, 2.75) is 72.3 Å². The molecule has 2 atom stereocenters. The first-order valence-corrected chi connectivity index (χ1v) is 7.95. The highest BCUT2D eigenvalue weighted by molar-refractivity contribution is 5.77. The molecule has 2 N–H and O–H groups in total. The van der Waals surface area contributed by atoms with Crippen LogP contribution in [0.4, 0.5) is 0 Å². The maximum Gasteiger partial charge on any atom is 0.233 e. The highest BCUT2D eigenvalue weighted by Crippen LogP contribution is 2.37. The zero-order valence-corrected chi connectivity index (χ0v) is 13.2. The summed E-state index contributed by atoms with van der Waals surface area (Å²) in [5.41, 5.74) is 0.330. The van der Waals surface area contributed by atoms with E-state index in [2.05, 4.69) is 38.3 Å². The fourth-order valence-corrected chi connectivity index (χ4v) is 3.10. The minimum atomic E-state index is 0.145. The zero-order chi connectivity index (χ0) is 14.3. The molecule has 112 valence electrons. The van der Waals surface area contributed by atoms with Gasteiger partial charge < -0.3 is 10.6 Å². The smallest absolute Gasteiger partial charge is 0.233 e. The maximum atomic E-state index is 11.7. The summed E-state index contributed by atoms with van der Waals surface area (Å²) in [6.45, 7) is 10.4. The van der Waals surface area contributed by atoms with Crippen molar-refractivity contribution < 1.29 is 4.79 Å². The van der Waals surface area contributed by atoms with Gasteiger partial charge in [-0.2, -0.15) is 0 Å². The lowest BCUT2D eigenvalue weighted by molar-refractivity contribution is -0.120. The Morgan fingerprint density at radius 2 is 1.89 bits per heavy atom. The van der Waals surface area contributed by atoms with Crippen LogP contribution in [0.25, 0.3) is 0 Å². The van der Waals surface area contributed by atoms with Gasteiger partial charge in [0.15, 0.2) is 0 Å². The molecule has 3 nitrogen and oxygen atoms in total. The third kappa shape index (κ3) is 5.94. The summed E-state index contributed by atoms with van der Waals surface area (Å²) in [5.74, 6) is 0.830. The van der Waals surface area contributed by atoms with Gasteiger partial charge in [-0.25, -0.2) is 0 Å². The Hall–Kier alpha value is -0.570. The third-order valence-electron chi connectivity index (χ3n) is 4.26. The van der Waals surface area contributed by atoms with Gasteiger partial charge in [0.2, 0.25) is 5.91 Å². The summed E-state index contributed by atoms with van der Waals surface area (Å²) in [6.07, 6.45) is 7.33. The second-order valence-corrected chi connectivity index (χ2v) is 6.95. The Kier molecular flexibility index (Phi) is 6.84. The van der Waals surface area contributed by atoms with Crippen molar-refractivity contribution >= 4 is 5.91 Å². The number of hydrogen-bond donors (Lipinski definition) is 2. The van der Waals surface area contributed by atoms with Crippen molar-refractivity contribution in [1.82, 2.24) is 10.6 Å². The largest absolute Gasteiger partial charge is 0.355 e. The lowest BCUT2D eigenvalue weighted by Crippen LogP contribution is -2.47. The van der Waals surface area contributed by atoms with Crippen LogP contribution in [-0.4, -0.2) is 25.0 Å². The molecule has 0 aromatic rings. The Balaban J connectivity index is 2.35. The number of amides is 1. The average Bonchev–Trinajstić information content (AvgIpc) is 2.36. The number of nitrogens with one attached hydrogen (secondary N) is 2. The molecule has 0 saturated heterocycles. The van der Waals surface area contributed by atoms with Crippen LogP contribution >= 0.6 is 0 Å². The number of carbonyl (C=O) groups excluding carboxylic acids is 1. The quantitative estimate of drug-likeness (QED) is 0.727. The Morgan fingerprint density at radius 3 is 2.53 bits per heavy atom. The first-order chi connectivity index (χ1) is 8.95. The van der Waals surface area contributed by atoms with Crippen molar-refractivity contribution in [2.24, 2.45) is 11.3 Å². The first-order valence-electron chi connectivity index (χ1n) is 7.95. The van der Waals surface area contributed by atoms with E-state index in [-0.39, 0.29) is 5.91 Å². The molecular formula is C16H32N2O. The normalized spacial score (nSPS) is 24.2. The van der Waals surface area contributed by atoms with E-state index in [0.29, 0.717) is 23.9 Å². The van der Waals surface area contributed by atoms with Crippen molar-refractivity contribution in [2.75, 3.05) is 13.1 Å². The van der Waals surface area contributed by atoms with Crippen LogP contribution < -0.4 is 10.6 Å². The van der Waals surface area contributed by atoms with Crippen LogP contribution in [0.2, 0.25) is 0 Å². The average molecular weight is 268 g/mol. The van der Waals surface area contributed by atoms with Gasteiger partial charge in [-0.3, -0.25) is 4.79 Å². The third-order valence-corrected chi connectivity index (χ3v) is 4.26. The number of hydrogen-bond acceptors (Lipinski definition) is 2. The summed E-state index contributed by atoms with van der Waals surface area (Å²) in [5, 5.41) is 6.47. The van der Waals surface area contributed by atoms with E-state index in [9.17, 15) is 4.79 Å². The van der Waals surface area contributed by atoms with Crippen LogP contribution in [0.15, 0.2) is 0 Å². The van der Waals surface area contributed by atoms with Crippen molar-refractivity contribution in [3.63, 3.8) is 0 Å². The number of rotatable bonds is 6. The van der Waals surface area contributed by atoms with Gasteiger partial charge >= 0.3 is 0 Å². The van der Waals surface area contributed by atoms with Gasteiger partial charge in [0.25, 0.3) is 0 Å². The molecule has 19 heavy (non-hydrogen) atoms. The SMILES string of the molecule is CCCCNC(=O)CNC1CCCCC1C(C)(C)C. The highest BCUT2D eigenvalue weighted by atomic mass is 16.1.